The predicted octanol–water partition coefficient (Wildman–Crippen LogP) is 0.377. The number of hydrogen-bond donors (Lipinski definition) is 4. The maximum absolute atomic E-state index is 10.7. The first-order valence-corrected chi connectivity index (χ1v) is 6.11. The van der Waals surface area contributed by atoms with Crippen LogP contribution in [0.1, 0.15) is 13.8 Å². The summed E-state index contributed by atoms with van der Waals surface area (Å²) in [6, 6.07) is -0.716. The number of aliphatic carboxylic acids is 1. The highest BCUT2D eigenvalue weighted by Crippen LogP contribution is 2.35. The van der Waals surface area contributed by atoms with Crippen LogP contribution < -0.4 is 5.32 Å². The lowest BCUT2D eigenvalue weighted by molar-refractivity contribution is -0.140. The molecule has 0 rings (SSSR count). The van der Waals surface area contributed by atoms with E-state index in [0.29, 0.717) is 0 Å². The summed E-state index contributed by atoms with van der Waals surface area (Å²) >= 11 is 0. The van der Waals surface area contributed by atoms with E-state index >= 15 is 0 Å². The Morgan fingerprint density at radius 2 is 2.00 bits per heavy atom. The number of carboxylic acids is 1. The Hall–Kier alpha value is -0.680. The summed E-state index contributed by atoms with van der Waals surface area (Å²) in [7, 11) is -4.14. The molecule has 0 aromatic rings. The van der Waals surface area contributed by atoms with Crippen molar-refractivity contribution in [3.8, 4) is 0 Å². The largest absolute Gasteiger partial charge is 0.480 e. The normalized spacial score (nSPS) is 14.7. The van der Waals surface area contributed by atoms with Gasteiger partial charge in [-0.3, -0.25) is 9.36 Å². The maximum Gasteiger partial charge on any atom is 0.348 e. The maximum atomic E-state index is 10.7. The van der Waals surface area contributed by atoms with Gasteiger partial charge in [-0.2, -0.15) is 0 Å². The van der Waals surface area contributed by atoms with Crippen LogP contribution >= 0.6 is 7.60 Å². The molecule has 0 saturated carbocycles. The van der Waals surface area contributed by atoms with Crippen molar-refractivity contribution in [2.24, 2.45) is 5.92 Å². The quantitative estimate of drug-likeness (QED) is 0.497. The minimum absolute atomic E-state index is 0.0917. The van der Waals surface area contributed by atoms with E-state index in [4.69, 9.17) is 14.9 Å². The van der Waals surface area contributed by atoms with Crippen molar-refractivity contribution in [3.63, 3.8) is 0 Å². The van der Waals surface area contributed by atoms with E-state index < -0.39 is 19.6 Å². The number of nitrogens with one attached hydrogen (secondary N) is 1. The van der Waals surface area contributed by atoms with Crippen LogP contribution in [0.5, 0.6) is 0 Å². The second-order valence-electron chi connectivity index (χ2n) is 3.44. The first-order valence-electron chi connectivity index (χ1n) is 4.43. The van der Waals surface area contributed by atoms with E-state index in [1.54, 1.807) is 13.8 Å². The highest BCUT2D eigenvalue weighted by molar-refractivity contribution is 7.55. The van der Waals surface area contributed by atoms with E-state index in [1.165, 1.54) is 6.08 Å². The minimum Gasteiger partial charge on any atom is -0.480 e. The molecule has 7 heteroatoms. The Labute approximate surface area is 88.2 Å². The molecule has 0 radical (unpaired) electrons. The van der Waals surface area contributed by atoms with Gasteiger partial charge in [-0.25, -0.2) is 0 Å². The molecule has 0 aromatic heterocycles. The van der Waals surface area contributed by atoms with Gasteiger partial charge in [0.1, 0.15) is 6.04 Å². The molecule has 15 heavy (non-hydrogen) atoms. The third kappa shape index (κ3) is 7.27. The smallest absolute Gasteiger partial charge is 0.348 e. The third-order valence-corrected chi connectivity index (χ3v) is 2.29. The first kappa shape index (κ1) is 14.3. The zero-order valence-electron chi connectivity index (χ0n) is 8.62. The minimum atomic E-state index is -4.14. The lowest BCUT2D eigenvalue weighted by Crippen LogP contribution is -2.40. The number of carboxylic acid groups (broad SMARTS) is 1. The topological polar surface area (TPSA) is 107 Å². The van der Waals surface area contributed by atoms with Crippen LogP contribution in [0.25, 0.3) is 0 Å². The molecule has 0 aliphatic rings. The molecule has 0 aromatic carbocycles. The van der Waals surface area contributed by atoms with E-state index in [1.807, 2.05) is 0 Å². The molecule has 0 spiro atoms. The van der Waals surface area contributed by atoms with Crippen LogP contribution in [-0.2, 0) is 9.36 Å². The monoisotopic (exact) mass is 237 g/mol. The van der Waals surface area contributed by atoms with Crippen LogP contribution in [0.2, 0.25) is 0 Å². The van der Waals surface area contributed by atoms with Crippen LogP contribution in [0.15, 0.2) is 11.9 Å². The molecule has 0 amide bonds. The van der Waals surface area contributed by atoms with Gasteiger partial charge in [0.2, 0.25) is 0 Å². The fourth-order valence-electron chi connectivity index (χ4n) is 0.993. The molecule has 88 valence electrons. The molecular formula is C8H16NO5P. The van der Waals surface area contributed by atoms with Gasteiger partial charge in [-0.05, 0) is 5.92 Å². The van der Waals surface area contributed by atoms with E-state index in [0.717, 1.165) is 5.82 Å². The van der Waals surface area contributed by atoms with Gasteiger partial charge in [0, 0.05) is 12.4 Å². The molecular weight excluding hydrogens is 221 g/mol. The Balaban J connectivity index is 4.08. The van der Waals surface area contributed by atoms with Crippen LogP contribution in [0.4, 0.5) is 0 Å². The molecule has 0 saturated heterocycles. The fraction of sp³-hybridized carbons (Fsp3) is 0.625. The summed E-state index contributed by atoms with van der Waals surface area (Å²) in [6.07, 6.45) is 1.22. The average Bonchev–Trinajstić information content (AvgIpc) is 2.00. The SMILES string of the molecule is CC(C)[C@H](NCC=CP(=O)(O)O)C(=O)O. The van der Waals surface area contributed by atoms with Gasteiger partial charge in [0.15, 0.2) is 0 Å². The van der Waals surface area contributed by atoms with Crippen LogP contribution in [0, 0.1) is 5.92 Å². The average molecular weight is 237 g/mol. The van der Waals surface area contributed by atoms with Gasteiger partial charge < -0.3 is 20.2 Å². The summed E-state index contributed by atoms with van der Waals surface area (Å²) in [6.45, 7) is 3.61. The summed E-state index contributed by atoms with van der Waals surface area (Å²) in [5.74, 6) is -0.320. The summed E-state index contributed by atoms with van der Waals surface area (Å²) < 4.78 is 10.4. The van der Waals surface area contributed by atoms with Crippen molar-refractivity contribution in [1.29, 1.82) is 0 Å². The van der Waals surface area contributed by atoms with Gasteiger partial charge in [-0.15, -0.1) is 0 Å². The molecule has 0 aliphatic carbocycles. The number of carbonyl (C=O) groups is 1. The molecule has 6 nitrogen and oxygen atoms in total. The van der Waals surface area contributed by atoms with Crippen molar-refractivity contribution in [1.82, 2.24) is 5.32 Å². The molecule has 1 atom stereocenters. The van der Waals surface area contributed by atoms with E-state index in [2.05, 4.69) is 5.32 Å². The second-order valence-corrected chi connectivity index (χ2v) is 4.92. The zero-order valence-corrected chi connectivity index (χ0v) is 9.52. The Bertz CT molecular complexity index is 283. The highest BCUT2D eigenvalue weighted by Gasteiger charge is 2.19. The standard InChI is InChI=1S/C8H16NO5P/c1-6(2)7(8(10)11)9-4-3-5-15(12,13)14/h3,5-7,9H,4H2,1-2H3,(H,10,11)(H2,12,13,14)/t7-/m0/s1. The van der Waals surface area contributed by atoms with Crippen molar-refractivity contribution < 1.29 is 24.3 Å². The summed E-state index contributed by atoms with van der Waals surface area (Å²) in [5.41, 5.74) is 0. The molecule has 0 aliphatic heterocycles. The van der Waals surface area contributed by atoms with Crippen LogP contribution in [0.3, 0.4) is 0 Å². The number of hydrogen-bond acceptors (Lipinski definition) is 3. The lowest BCUT2D eigenvalue weighted by atomic mass is 10.1. The predicted molar refractivity (Wildman–Crippen MR) is 55.4 cm³/mol. The van der Waals surface area contributed by atoms with Gasteiger partial charge in [0.05, 0.1) is 0 Å². The van der Waals surface area contributed by atoms with Crippen molar-refractivity contribution in [3.05, 3.63) is 11.9 Å². The Kier molecular flexibility index (Phi) is 5.75. The lowest BCUT2D eigenvalue weighted by Gasteiger charge is -2.16. The highest BCUT2D eigenvalue weighted by atomic mass is 31.2. The summed E-state index contributed by atoms with van der Waals surface area (Å²) in [5, 5.41) is 11.4. The Morgan fingerprint density at radius 1 is 1.47 bits per heavy atom. The Morgan fingerprint density at radius 3 is 2.33 bits per heavy atom. The molecule has 0 fully saturated rings. The van der Waals surface area contributed by atoms with Crippen molar-refractivity contribution >= 4 is 13.6 Å². The zero-order chi connectivity index (χ0) is 12.1. The molecule has 0 heterocycles. The van der Waals surface area contributed by atoms with Gasteiger partial charge in [0.25, 0.3) is 0 Å². The molecule has 0 bridgehead atoms. The van der Waals surface area contributed by atoms with Crippen molar-refractivity contribution in [2.75, 3.05) is 6.54 Å². The number of rotatable bonds is 6. The van der Waals surface area contributed by atoms with Crippen LogP contribution in [-0.4, -0.2) is 33.4 Å². The second kappa shape index (κ2) is 6.02. The van der Waals surface area contributed by atoms with E-state index in [9.17, 15) is 9.36 Å². The van der Waals surface area contributed by atoms with E-state index in [-0.39, 0.29) is 12.5 Å². The molecule has 0 unspecified atom stereocenters. The third-order valence-electron chi connectivity index (χ3n) is 1.69. The first-order chi connectivity index (χ1) is 6.74. The van der Waals surface area contributed by atoms with Gasteiger partial charge >= 0.3 is 13.6 Å². The fourth-order valence-corrected chi connectivity index (χ4v) is 1.37. The van der Waals surface area contributed by atoms with Gasteiger partial charge in [-0.1, -0.05) is 19.9 Å². The van der Waals surface area contributed by atoms with Crippen molar-refractivity contribution in [2.45, 2.75) is 19.9 Å². The molecule has 4 N–H and O–H groups in total. The summed E-state index contributed by atoms with van der Waals surface area (Å²) in [4.78, 5) is 27.7.